The molecule has 1 aliphatic carbocycles. The predicted molar refractivity (Wildman–Crippen MR) is 74.2 cm³/mol. The van der Waals surface area contributed by atoms with Crippen LogP contribution in [0.1, 0.15) is 43.0 Å². The number of rotatable bonds is 2. The lowest BCUT2D eigenvalue weighted by atomic mass is 9.87. The summed E-state index contributed by atoms with van der Waals surface area (Å²) < 4.78 is 0. The maximum absolute atomic E-state index is 12.1. The molecule has 1 aliphatic rings. The number of nitrogen functional groups attached to an aromatic ring is 2. The van der Waals surface area contributed by atoms with Crippen molar-refractivity contribution in [1.82, 2.24) is 5.32 Å². The van der Waals surface area contributed by atoms with Crippen LogP contribution in [0.4, 0.5) is 11.4 Å². The molecule has 0 heterocycles. The first-order chi connectivity index (χ1) is 8.56. The van der Waals surface area contributed by atoms with Gasteiger partial charge in [-0.15, -0.1) is 0 Å². The highest BCUT2D eigenvalue weighted by atomic mass is 16.1. The van der Waals surface area contributed by atoms with E-state index in [1.807, 2.05) is 0 Å². The first-order valence-electron chi connectivity index (χ1n) is 6.52. The Kier molecular flexibility index (Phi) is 3.75. The van der Waals surface area contributed by atoms with Crippen LogP contribution < -0.4 is 16.8 Å². The number of amides is 1. The van der Waals surface area contributed by atoms with Crippen LogP contribution in [0.25, 0.3) is 0 Å². The number of nitrogens with two attached hydrogens (primary N) is 2. The van der Waals surface area contributed by atoms with Crippen molar-refractivity contribution in [3.8, 4) is 0 Å². The van der Waals surface area contributed by atoms with Gasteiger partial charge in [-0.3, -0.25) is 4.79 Å². The highest BCUT2D eigenvalue weighted by Crippen LogP contribution is 2.24. The molecule has 18 heavy (non-hydrogen) atoms. The van der Waals surface area contributed by atoms with Gasteiger partial charge < -0.3 is 16.8 Å². The van der Waals surface area contributed by atoms with E-state index >= 15 is 0 Å². The summed E-state index contributed by atoms with van der Waals surface area (Å²) in [5.41, 5.74) is 13.0. The lowest BCUT2D eigenvalue weighted by Crippen LogP contribution is -2.38. The van der Waals surface area contributed by atoms with Gasteiger partial charge in [-0.1, -0.05) is 19.8 Å². The third-order valence-corrected chi connectivity index (χ3v) is 3.59. The Labute approximate surface area is 108 Å². The van der Waals surface area contributed by atoms with Crippen LogP contribution in [-0.2, 0) is 0 Å². The van der Waals surface area contributed by atoms with Crippen molar-refractivity contribution in [2.45, 2.75) is 38.6 Å². The Balaban J connectivity index is 2.03. The second kappa shape index (κ2) is 5.29. The zero-order chi connectivity index (χ0) is 13.1. The zero-order valence-electron chi connectivity index (χ0n) is 10.8. The molecule has 5 N–H and O–H groups in total. The van der Waals surface area contributed by atoms with Gasteiger partial charge in [-0.25, -0.2) is 0 Å². The highest BCUT2D eigenvalue weighted by molar-refractivity contribution is 5.99. The lowest BCUT2D eigenvalue weighted by Gasteiger charge is -2.27. The molecule has 0 saturated heterocycles. The van der Waals surface area contributed by atoms with Crippen LogP contribution in [0.2, 0.25) is 0 Å². The molecule has 0 aromatic heterocycles. The quantitative estimate of drug-likeness (QED) is 0.700. The van der Waals surface area contributed by atoms with E-state index in [2.05, 4.69) is 12.2 Å². The Morgan fingerprint density at radius 2 is 2.11 bits per heavy atom. The van der Waals surface area contributed by atoms with Crippen LogP contribution in [0.5, 0.6) is 0 Å². The molecule has 1 aromatic carbocycles. The molecule has 1 aromatic rings. The van der Waals surface area contributed by atoms with Crippen molar-refractivity contribution in [3.63, 3.8) is 0 Å². The predicted octanol–water partition coefficient (Wildman–Crippen LogP) is 2.16. The van der Waals surface area contributed by atoms with E-state index in [-0.39, 0.29) is 11.9 Å². The van der Waals surface area contributed by atoms with E-state index in [1.165, 1.54) is 12.8 Å². The molecule has 0 radical (unpaired) electrons. The SMILES string of the molecule is CC1CCCC(NC(=O)c2ccc(N)cc2N)C1. The minimum Gasteiger partial charge on any atom is -0.399 e. The first kappa shape index (κ1) is 12.7. The van der Waals surface area contributed by atoms with Gasteiger partial charge in [0.1, 0.15) is 0 Å². The molecule has 1 saturated carbocycles. The topological polar surface area (TPSA) is 81.1 Å². The van der Waals surface area contributed by atoms with Crippen LogP contribution in [0.15, 0.2) is 18.2 Å². The Bertz CT molecular complexity index is 445. The average Bonchev–Trinajstić information content (AvgIpc) is 2.28. The van der Waals surface area contributed by atoms with Gasteiger partial charge in [0.05, 0.1) is 5.56 Å². The summed E-state index contributed by atoms with van der Waals surface area (Å²) in [6.45, 7) is 2.23. The molecule has 2 rings (SSSR count). The second-order valence-corrected chi connectivity index (χ2v) is 5.29. The minimum absolute atomic E-state index is 0.0911. The van der Waals surface area contributed by atoms with Crippen molar-refractivity contribution in [2.75, 3.05) is 11.5 Å². The van der Waals surface area contributed by atoms with Gasteiger partial charge in [0.2, 0.25) is 0 Å². The molecule has 0 bridgehead atoms. The Morgan fingerprint density at radius 1 is 1.33 bits per heavy atom. The number of carbonyl (C=O) groups is 1. The lowest BCUT2D eigenvalue weighted by molar-refractivity contribution is 0.0922. The molecule has 1 amide bonds. The molecule has 0 spiro atoms. The van der Waals surface area contributed by atoms with Crippen molar-refractivity contribution in [2.24, 2.45) is 5.92 Å². The molecule has 98 valence electrons. The number of anilines is 2. The molecule has 2 atom stereocenters. The summed E-state index contributed by atoms with van der Waals surface area (Å²) >= 11 is 0. The van der Waals surface area contributed by atoms with Crippen LogP contribution in [0, 0.1) is 5.92 Å². The van der Waals surface area contributed by atoms with E-state index in [4.69, 9.17) is 11.5 Å². The molecular weight excluding hydrogens is 226 g/mol. The summed E-state index contributed by atoms with van der Waals surface area (Å²) in [6, 6.07) is 5.29. The average molecular weight is 247 g/mol. The molecule has 1 fully saturated rings. The second-order valence-electron chi connectivity index (χ2n) is 5.29. The van der Waals surface area contributed by atoms with E-state index in [0.717, 1.165) is 12.8 Å². The summed E-state index contributed by atoms with van der Waals surface area (Å²) in [7, 11) is 0. The van der Waals surface area contributed by atoms with Gasteiger partial charge >= 0.3 is 0 Å². The molecule has 4 nitrogen and oxygen atoms in total. The summed E-state index contributed by atoms with van der Waals surface area (Å²) in [4.78, 5) is 12.1. The fourth-order valence-corrected chi connectivity index (χ4v) is 2.62. The molecular formula is C14H21N3O. The molecule has 4 heteroatoms. The van der Waals surface area contributed by atoms with Crippen molar-refractivity contribution < 1.29 is 4.79 Å². The number of carbonyl (C=O) groups excluding carboxylic acids is 1. The van der Waals surface area contributed by atoms with Crippen molar-refractivity contribution in [3.05, 3.63) is 23.8 Å². The third-order valence-electron chi connectivity index (χ3n) is 3.59. The van der Waals surface area contributed by atoms with Gasteiger partial charge in [-0.05, 0) is 37.0 Å². The fourth-order valence-electron chi connectivity index (χ4n) is 2.62. The maximum atomic E-state index is 12.1. The van der Waals surface area contributed by atoms with E-state index in [1.54, 1.807) is 18.2 Å². The highest BCUT2D eigenvalue weighted by Gasteiger charge is 2.21. The number of hydrogen-bond acceptors (Lipinski definition) is 3. The normalized spacial score (nSPS) is 23.6. The minimum atomic E-state index is -0.0911. The Morgan fingerprint density at radius 3 is 2.78 bits per heavy atom. The molecule has 2 unspecified atom stereocenters. The monoisotopic (exact) mass is 247 g/mol. The van der Waals surface area contributed by atoms with Crippen LogP contribution in [-0.4, -0.2) is 11.9 Å². The number of hydrogen-bond donors (Lipinski definition) is 3. The third kappa shape index (κ3) is 2.94. The largest absolute Gasteiger partial charge is 0.399 e. The number of benzene rings is 1. The van der Waals surface area contributed by atoms with Crippen LogP contribution in [0.3, 0.4) is 0 Å². The van der Waals surface area contributed by atoms with Gasteiger partial charge in [0.15, 0.2) is 0 Å². The zero-order valence-corrected chi connectivity index (χ0v) is 10.8. The first-order valence-corrected chi connectivity index (χ1v) is 6.52. The standard InChI is InChI=1S/C14H21N3O/c1-9-3-2-4-11(7-9)17-14(18)12-6-5-10(15)8-13(12)16/h5-6,8-9,11H,2-4,7,15-16H2,1H3,(H,17,18). The maximum Gasteiger partial charge on any atom is 0.253 e. The van der Waals surface area contributed by atoms with Gasteiger partial charge in [0, 0.05) is 17.4 Å². The van der Waals surface area contributed by atoms with Crippen molar-refractivity contribution >= 4 is 17.3 Å². The smallest absolute Gasteiger partial charge is 0.253 e. The van der Waals surface area contributed by atoms with E-state index in [0.29, 0.717) is 22.9 Å². The summed E-state index contributed by atoms with van der Waals surface area (Å²) in [5, 5.41) is 3.07. The van der Waals surface area contributed by atoms with E-state index in [9.17, 15) is 4.79 Å². The van der Waals surface area contributed by atoms with Gasteiger partial charge in [-0.2, -0.15) is 0 Å². The van der Waals surface area contributed by atoms with Gasteiger partial charge in [0.25, 0.3) is 5.91 Å². The van der Waals surface area contributed by atoms with Crippen molar-refractivity contribution in [1.29, 1.82) is 0 Å². The van der Waals surface area contributed by atoms with E-state index < -0.39 is 0 Å². The summed E-state index contributed by atoms with van der Waals surface area (Å²) in [6.07, 6.45) is 4.56. The Hall–Kier alpha value is -1.71. The van der Waals surface area contributed by atoms with Crippen LogP contribution >= 0.6 is 0 Å². The summed E-state index contributed by atoms with van der Waals surface area (Å²) in [5.74, 6) is 0.597. The number of nitrogens with one attached hydrogen (secondary N) is 1. The molecule has 0 aliphatic heterocycles. The fraction of sp³-hybridized carbons (Fsp3) is 0.500.